The monoisotopic (exact) mass is 334 g/mol. The minimum Gasteiger partial charge on any atom is -0.361 e. The number of rotatable bonds is 3. The summed E-state index contributed by atoms with van der Waals surface area (Å²) >= 11 is 0. The zero-order valence-corrected chi connectivity index (χ0v) is 12.3. The number of nitrogens with zero attached hydrogens (tertiary/aromatic N) is 2. The van der Waals surface area contributed by atoms with Crippen molar-refractivity contribution in [2.24, 2.45) is 0 Å². The normalized spacial score (nSPS) is 20.9. The van der Waals surface area contributed by atoms with E-state index in [2.05, 4.69) is 0 Å². The van der Waals surface area contributed by atoms with Crippen LogP contribution in [0.1, 0.15) is 0 Å². The second-order valence-corrected chi connectivity index (χ2v) is 7.55. The van der Waals surface area contributed by atoms with Gasteiger partial charge in [0, 0.05) is 6.54 Å². The molecule has 0 saturated carbocycles. The van der Waals surface area contributed by atoms with Crippen LogP contribution >= 0.6 is 0 Å². The van der Waals surface area contributed by atoms with Crippen molar-refractivity contribution in [3.8, 4) is 6.07 Å². The van der Waals surface area contributed by atoms with Crippen molar-refractivity contribution in [2.75, 3.05) is 19.7 Å². The molecule has 114 valence electrons. The van der Waals surface area contributed by atoms with Crippen molar-refractivity contribution in [2.45, 2.75) is 15.9 Å². The molecule has 1 aromatic rings. The Labute approximate surface area is 121 Å². The molecule has 1 fully saturated rings. The maximum Gasteiger partial charge on any atom is 0.332 e. The van der Waals surface area contributed by atoms with Crippen molar-refractivity contribution in [1.29, 1.82) is 5.26 Å². The first-order chi connectivity index (χ1) is 9.75. The Morgan fingerprint density at radius 3 is 2.57 bits per heavy atom. The molecule has 1 heterocycles. The van der Waals surface area contributed by atoms with Gasteiger partial charge in [0.2, 0.25) is 10.0 Å². The Hall–Kier alpha value is -1.54. The average Bonchev–Trinajstić information content (AvgIpc) is 2.46. The minimum atomic E-state index is -4.99. The summed E-state index contributed by atoms with van der Waals surface area (Å²) in [5.74, 6) is 0. The molecule has 7 nitrogen and oxygen atoms in total. The maximum atomic E-state index is 12.9. The van der Waals surface area contributed by atoms with Crippen molar-refractivity contribution in [3.05, 3.63) is 24.3 Å². The molecule has 0 radical (unpaired) electrons. The first-order valence-electron chi connectivity index (χ1n) is 5.81. The highest BCUT2D eigenvalue weighted by atomic mass is 32.3. The molecule has 21 heavy (non-hydrogen) atoms. The van der Waals surface area contributed by atoms with Crippen molar-refractivity contribution >= 4 is 20.2 Å². The van der Waals surface area contributed by atoms with Crippen LogP contribution in [0.3, 0.4) is 0 Å². The Kier molecular flexibility index (Phi) is 4.29. The van der Waals surface area contributed by atoms with Crippen molar-refractivity contribution in [1.82, 2.24) is 4.31 Å². The summed E-state index contributed by atoms with van der Waals surface area (Å²) in [5, 5.41) is 8.77. The molecule has 0 spiro atoms. The smallest absolute Gasteiger partial charge is 0.332 e. The van der Waals surface area contributed by atoms with E-state index in [4.69, 9.17) is 10.00 Å². The van der Waals surface area contributed by atoms with Crippen molar-refractivity contribution in [3.63, 3.8) is 0 Å². The van der Waals surface area contributed by atoms with E-state index in [9.17, 15) is 20.7 Å². The first-order valence-corrected chi connectivity index (χ1v) is 8.63. The summed E-state index contributed by atoms with van der Waals surface area (Å²) in [6.07, 6.45) is -0.887. The van der Waals surface area contributed by atoms with Gasteiger partial charge in [0.05, 0.1) is 29.0 Å². The first kappa shape index (κ1) is 15.8. The number of hydrogen-bond donors (Lipinski definition) is 0. The lowest BCUT2D eigenvalue weighted by Gasteiger charge is -2.28. The molecule has 1 aliphatic heterocycles. The quantitative estimate of drug-likeness (QED) is 0.734. The van der Waals surface area contributed by atoms with Crippen LogP contribution in [0.2, 0.25) is 0 Å². The van der Waals surface area contributed by atoms with E-state index in [-0.39, 0.29) is 24.6 Å². The summed E-state index contributed by atoms with van der Waals surface area (Å²) in [5.41, 5.74) is 0. The number of sulfonamides is 1. The van der Waals surface area contributed by atoms with Crippen LogP contribution in [0, 0.1) is 11.3 Å². The predicted molar refractivity (Wildman–Crippen MR) is 68.8 cm³/mol. The Morgan fingerprint density at radius 2 is 1.95 bits per heavy atom. The molecule has 10 heteroatoms. The molecule has 0 amide bonds. The fraction of sp³-hybridized carbons (Fsp3) is 0.364. The van der Waals surface area contributed by atoms with Crippen LogP contribution in [0.5, 0.6) is 0 Å². The number of halogens is 1. The molecule has 0 aliphatic carbocycles. The third-order valence-electron chi connectivity index (χ3n) is 2.90. The molecule has 0 aromatic heterocycles. The van der Waals surface area contributed by atoms with Crippen LogP contribution in [0.25, 0.3) is 0 Å². The van der Waals surface area contributed by atoms with Gasteiger partial charge in [-0.1, -0.05) is 6.07 Å². The molecule has 2 rings (SSSR count). The fourth-order valence-corrected chi connectivity index (χ4v) is 3.91. The molecule has 1 saturated heterocycles. The largest absolute Gasteiger partial charge is 0.361 e. The minimum absolute atomic E-state index is 0.0348. The summed E-state index contributed by atoms with van der Waals surface area (Å²) in [7, 11) is -9.01. The zero-order chi connectivity index (χ0) is 15.7. The lowest BCUT2D eigenvalue weighted by Crippen LogP contribution is -2.45. The molecule has 1 aliphatic rings. The molecular weight excluding hydrogens is 323 g/mol. The van der Waals surface area contributed by atoms with Gasteiger partial charge < -0.3 is 4.74 Å². The van der Waals surface area contributed by atoms with Gasteiger partial charge in [-0.15, -0.1) is 3.89 Å². The van der Waals surface area contributed by atoms with E-state index in [0.29, 0.717) is 0 Å². The standard InChI is InChI=1S/C11H11FN2O5S2/c12-20(15,16)10-2-1-3-11(6-10)21(17,18)14-4-5-19-9(7-13)8-14/h1-3,6,9H,4-5,8H2. The highest BCUT2D eigenvalue weighted by Crippen LogP contribution is 2.22. The number of hydrogen-bond acceptors (Lipinski definition) is 6. The lowest BCUT2D eigenvalue weighted by atomic mass is 10.3. The number of ether oxygens (including phenoxy) is 1. The number of morpholine rings is 1. The van der Waals surface area contributed by atoms with Crippen LogP contribution < -0.4 is 0 Å². The third kappa shape index (κ3) is 3.38. The second kappa shape index (κ2) is 5.69. The highest BCUT2D eigenvalue weighted by molar-refractivity contribution is 7.89. The maximum absolute atomic E-state index is 12.9. The number of benzene rings is 1. The zero-order valence-electron chi connectivity index (χ0n) is 10.6. The highest BCUT2D eigenvalue weighted by Gasteiger charge is 2.31. The SMILES string of the molecule is N#CC1CN(S(=O)(=O)c2cccc(S(=O)(=O)F)c2)CCO1. The Bertz CT molecular complexity index is 785. The van der Waals surface area contributed by atoms with E-state index in [1.165, 1.54) is 6.07 Å². The number of nitriles is 1. The van der Waals surface area contributed by atoms with E-state index in [1.807, 2.05) is 6.07 Å². The van der Waals surface area contributed by atoms with Crippen LogP contribution in [0.4, 0.5) is 3.89 Å². The van der Waals surface area contributed by atoms with E-state index in [1.54, 1.807) is 0 Å². The molecule has 0 bridgehead atoms. The van der Waals surface area contributed by atoms with Gasteiger partial charge in [-0.2, -0.15) is 18.0 Å². The summed E-state index contributed by atoms with van der Waals surface area (Å²) in [6, 6.07) is 5.83. The van der Waals surface area contributed by atoms with Crippen molar-refractivity contribution < 1.29 is 25.5 Å². The summed E-state index contributed by atoms with van der Waals surface area (Å²) in [6.45, 7) is -0.0723. The van der Waals surface area contributed by atoms with Gasteiger partial charge in [0.25, 0.3) is 0 Å². The van der Waals surface area contributed by atoms with Crippen LogP contribution in [-0.2, 0) is 25.0 Å². The average molecular weight is 334 g/mol. The Morgan fingerprint density at radius 1 is 1.29 bits per heavy atom. The van der Waals surface area contributed by atoms with Gasteiger partial charge in [-0.05, 0) is 18.2 Å². The summed E-state index contributed by atoms with van der Waals surface area (Å²) < 4.78 is 65.4. The third-order valence-corrected chi connectivity index (χ3v) is 5.58. The molecule has 1 atom stereocenters. The molecule has 0 N–H and O–H groups in total. The van der Waals surface area contributed by atoms with Crippen LogP contribution in [-0.4, -0.2) is 46.9 Å². The topological polar surface area (TPSA) is 105 Å². The van der Waals surface area contributed by atoms with Gasteiger partial charge in [0.1, 0.15) is 0 Å². The van der Waals surface area contributed by atoms with E-state index < -0.39 is 31.2 Å². The predicted octanol–water partition coefficient (Wildman–Crippen LogP) is 0.258. The van der Waals surface area contributed by atoms with Gasteiger partial charge in [0.15, 0.2) is 6.10 Å². The van der Waals surface area contributed by atoms with Gasteiger partial charge in [-0.3, -0.25) is 0 Å². The lowest BCUT2D eigenvalue weighted by molar-refractivity contribution is 0.0311. The van der Waals surface area contributed by atoms with E-state index >= 15 is 0 Å². The second-order valence-electron chi connectivity index (χ2n) is 4.26. The Balaban J connectivity index is 2.39. The molecule has 1 aromatic carbocycles. The van der Waals surface area contributed by atoms with E-state index in [0.717, 1.165) is 22.5 Å². The molecular formula is C11H11FN2O5S2. The fourth-order valence-electron chi connectivity index (χ4n) is 1.86. The van der Waals surface area contributed by atoms with Gasteiger partial charge in [-0.25, -0.2) is 8.42 Å². The molecule has 1 unspecified atom stereocenters. The summed E-state index contributed by atoms with van der Waals surface area (Å²) in [4.78, 5) is -1.08. The van der Waals surface area contributed by atoms with Crippen LogP contribution in [0.15, 0.2) is 34.1 Å². The van der Waals surface area contributed by atoms with Gasteiger partial charge >= 0.3 is 10.2 Å².